The summed E-state index contributed by atoms with van der Waals surface area (Å²) in [6.45, 7) is 0. The number of carbonyl (C=O) groups is 1. The fraction of sp³-hybridized carbons (Fsp3) is 0.500. The van der Waals surface area contributed by atoms with Gasteiger partial charge in [0.15, 0.2) is 0 Å². The molecule has 0 aromatic heterocycles. The Morgan fingerprint density at radius 2 is 1.94 bits per heavy atom. The summed E-state index contributed by atoms with van der Waals surface area (Å²) in [5, 5.41) is 0. The van der Waals surface area contributed by atoms with Gasteiger partial charge in [0, 0.05) is 0 Å². The second kappa shape index (κ2) is 3.93. The molecule has 16 heavy (non-hydrogen) atoms. The fourth-order valence-corrected chi connectivity index (χ4v) is 3.11. The first-order chi connectivity index (χ1) is 7.83. The van der Waals surface area contributed by atoms with Gasteiger partial charge < -0.3 is 4.74 Å². The highest BCUT2D eigenvalue weighted by Crippen LogP contribution is 2.46. The molecule has 1 aromatic carbocycles. The van der Waals surface area contributed by atoms with Crippen LogP contribution in [0.3, 0.4) is 0 Å². The van der Waals surface area contributed by atoms with Gasteiger partial charge in [0.2, 0.25) is 0 Å². The van der Waals surface area contributed by atoms with Crippen molar-refractivity contribution in [2.45, 2.75) is 31.8 Å². The molecule has 0 heterocycles. The summed E-state index contributed by atoms with van der Waals surface area (Å²) < 4.78 is 5.59. The van der Waals surface area contributed by atoms with E-state index in [0.717, 1.165) is 12.3 Å². The molecule has 0 N–H and O–H groups in total. The average molecular weight is 216 g/mol. The van der Waals surface area contributed by atoms with Crippen molar-refractivity contribution in [1.82, 2.24) is 0 Å². The van der Waals surface area contributed by atoms with Gasteiger partial charge in [-0.2, -0.15) is 0 Å². The van der Waals surface area contributed by atoms with Crippen molar-refractivity contribution in [3.05, 3.63) is 35.9 Å². The van der Waals surface area contributed by atoms with E-state index in [4.69, 9.17) is 4.74 Å². The number of fused-ring (bicyclic) bond motifs is 2. The number of hydrogen-bond donors (Lipinski definition) is 0. The minimum atomic E-state index is -0.154. The largest absolute Gasteiger partial charge is 0.458 e. The SMILES string of the molecule is O=C(O[C@H]1C[C@@H]2CC[C@H]1C2)c1ccccc1. The van der Waals surface area contributed by atoms with Crippen LogP contribution in [0.4, 0.5) is 0 Å². The maximum Gasteiger partial charge on any atom is 0.338 e. The summed E-state index contributed by atoms with van der Waals surface area (Å²) >= 11 is 0. The number of rotatable bonds is 2. The number of carbonyl (C=O) groups excluding carboxylic acids is 1. The predicted octanol–water partition coefficient (Wildman–Crippen LogP) is 3.03. The Bertz CT molecular complexity index is 385. The van der Waals surface area contributed by atoms with Crippen LogP contribution < -0.4 is 0 Å². The predicted molar refractivity (Wildman–Crippen MR) is 61.1 cm³/mol. The van der Waals surface area contributed by atoms with E-state index in [1.807, 2.05) is 30.3 Å². The number of ether oxygens (including phenoxy) is 1. The van der Waals surface area contributed by atoms with E-state index in [1.54, 1.807) is 0 Å². The maximum atomic E-state index is 11.9. The second-order valence-corrected chi connectivity index (χ2v) is 4.98. The molecule has 1 aromatic rings. The minimum absolute atomic E-state index is 0.154. The molecule has 0 spiro atoms. The van der Waals surface area contributed by atoms with Crippen LogP contribution in [0, 0.1) is 11.8 Å². The molecule has 2 saturated carbocycles. The Morgan fingerprint density at radius 1 is 1.12 bits per heavy atom. The van der Waals surface area contributed by atoms with E-state index in [0.29, 0.717) is 11.5 Å². The first-order valence-corrected chi connectivity index (χ1v) is 6.09. The van der Waals surface area contributed by atoms with Gasteiger partial charge in [-0.3, -0.25) is 0 Å². The summed E-state index contributed by atoms with van der Waals surface area (Å²) in [6.07, 6.45) is 5.13. The lowest BCUT2D eigenvalue weighted by Crippen LogP contribution is -2.24. The summed E-state index contributed by atoms with van der Waals surface area (Å²) in [7, 11) is 0. The molecule has 2 aliphatic rings. The molecule has 0 aliphatic heterocycles. The Balaban J connectivity index is 1.65. The quantitative estimate of drug-likeness (QED) is 0.710. The topological polar surface area (TPSA) is 26.3 Å². The third-order valence-electron chi connectivity index (χ3n) is 3.94. The van der Waals surface area contributed by atoms with Crippen LogP contribution in [0.15, 0.2) is 30.3 Å². The molecule has 0 amide bonds. The first-order valence-electron chi connectivity index (χ1n) is 6.09. The van der Waals surface area contributed by atoms with Crippen LogP contribution in [0.2, 0.25) is 0 Å². The van der Waals surface area contributed by atoms with Crippen molar-refractivity contribution in [3.63, 3.8) is 0 Å². The lowest BCUT2D eigenvalue weighted by Gasteiger charge is -2.21. The van der Waals surface area contributed by atoms with Crippen molar-refractivity contribution >= 4 is 5.97 Å². The van der Waals surface area contributed by atoms with Gasteiger partial charge in [-0.25, -0.2) is 4.79 Å². The lowest BCUT2D eigenvalue weighted by molar-refractivity contribution is 0.0158. The third kappa shape index (κ3) is 1.73. The van der Waals surface area contributed by atoms with Gasteiger partial charge in [0.05, 0.1) is 5.56 Å². The second-order valence-electron chi connectivity index (χ2n) is 4.98. The molecule has 0 unspecified atom stereocenters. The number of esters is 1. The van der Waals surface area contributed by atoms with Crippen LogP contribution in [0.25, 0.3) is 0 Å². The zero-order chi connectivity index (χ0) is 11.0. The number of benzene rings is 1. The van der Waals surface area contributed by atoms with Crippen LogP contribution in [0.1, 0.15) is 36.0 Å². The van der Waals surface area contributed by atoms with E-state index in [2.05, 4.69) is 0 Å². The molecule has 0 saturated heterocycles. The molecule has 2 bridgehead atoms. The van der Waals surface area contributed by atoms with E-state index >= 15 is 0 Å². The molecule has 84 valence electrons. The Labute approximate surface area is 95.6 Å². The maximum absolute atomic E-state index is 11.9. The minimum Gasteiger partial charge on any atom is -0.458 e. The number of hydrogen-bond acceptors (Lipinski definition) is 2. The van der Waals surface area contributed by atoms with Gasteiger partial charge in [0.25, 0.3) is 0 Å². The van der Waals surface area contributed by atoms with Crippen molar-refractivity contribution in [2.75, 3.05) is 0 Å². The smallest absolute Gasteiger partial charge is 0.338 e. The van der Waals surface area contributed by atoms with Gasteiger partial charge in [-0.15, -0.1) is 0 Å². The monoisotopic (exact) mass is 216 g/mol. The molecule has 2 heteroatoms. The van der Waals surface area contributed by atoms with Crippen LogP contribution in [-0.4, -0.2) is 12.1 Å². The standard InChI is InChI=1S/C14H16O2/c15-14(11-4-2-1-3-5-11)16-13-9-10-6-7-12(13)8-10/h1-5,10,12-13H,6-9H2/t10-,12+,13+/m1/s1. The van der Waals surface area contributed by atoms with Gasteiger partial charge in [0.1, 0.15) is 6.10 Å². The van der Waals surface area contributed by atoms with Gasteiger partial charge in [-0.05, 0) is 49.7 Å². The average Bonchev–Trinajstić information content (AvgIpc) is 2.92. The summed E-state index contributed by atoms with van der Waals surface area (Å²) in [5.74, 6) is 1.30. The Morgan fingerprint density at radius 3 is 2.56 bits per heavy atom. The summed E-state index contributed by atoms with van der Waals surface area (Å²) in [5.41, 5.74) is 0.672. The molecule has 3 rings (SSSR count). The molecule has 2 fully saturated rings. The highest BCUT2D eigenvalue weighted by Gasteiger charge is 2.41. The molecular weight excluding hydrogens is 200 g/mol. The van der Waals surface area contributed by atoms with E-state index in [9.17, 15) is 4.79 Å². The normalized spacial score (nSPS) is 31.6. The third-order valence-corrected chi connectivity index (χ3v) is 3.94. The van der Waals surface area contributed by atoms with Crippen molar-refractivity contribution in [1.29, 1.82) is 0 Å². The fourth-order valence-electron chi connectivity index (χ4n) is 3.11. The van der Waals surface area contributed by atoms with E-state index < -0.39 is 0 Å². The van der Waals surface area contributed by atoms with Gasteiger partial charge in [-0.1, -0.05) is 18.2 Å². The van der Waals surface area contributed by atoms with Crippen molar-refractivity contribution < 1.29 is 9.53 Å². The molecular formula is C14H16O2. The van der Waals surface area contributed by atoms with Crippen LogP contribution in [-0.2, 0) is 4.74 Å². The Hall–Kier alpha value is -1.31. The zero-order valence-corrected chi connectivity index (χ0v) is 9.26. The molecule has 3 atom stereocenters. The highest BCUT2D eigenvalue weighted by molar-refractivity contribution is 5.89. The zero-order valence-electron chi connectivity index (χ0n) is 9.26. The first kappa shape index (κ1) is 9.88. The van der Waals surface area contributed by atoms with Crippen molar-refractivity contribution in [3.8, 4) is 0 Å². The molecule has 0 radical (unpaired) electrons. The van der Waals surface area contributed by atoms with Crippen LogP contribution >= 0.6 is 0 Å². The van der Waals surface area contributed by atoms with E-state index in [1.165, 1.54) is 19.3 Å². The van der Waals surface area contributed by atoms with Gasteiger partial charge >= 0.3 is 5.97 Å². The summed E-state index contributed by atoms with van der Waals surface area (Å²) in [4.78, 5) is 11.9. The molecule has 2 aliphatic carbocycles. The van der Waals surface area contributed by atoms with Crippen LogP contribution in [0.5, 0.6) is 0 Å². The molecule has 2 nitrogen and oxygen atoms in total. The van der Waals surface area contributed by atoms with Crippen molar-refractivity contribution in [2.24, 2.45) is 11.8 Å². The van der Waals surface area contributed by atoms with E-state index in [-0.39, 0.29) is 12.1 Å². The highest BCUT2D eigenvalue weighted by atomic mass is 16.5. The lowest BCUT2D eigenvalue weighted by atomic mass is 9.98. The summed E-state index contributed by atoms with van der Waals surface area (Å²) in [6, 6.07) is 9.29. The Kier molecular flexibility index (Phi) is 2.43.